The number of ether oxygens (including phenoxy) is 2. The number of carbonyl (C=O) groups is 1. The minimum Gasteiger partial charge on any atom is -0.494 e. The largest absolute Gasteiger partial charge is 0.494 e. The van der Waals surface area contributed by atoms with Crippen molar-refractivity contribution in [3.8, 4) is 5.75 Å². The third-order valence-corrected chi connectivity index (χ3v) is 5.26. The SMILES string of the molecule is CCOc1ccc(C2(CNC(=O)C3CCNC3)CCOCC2)cc1.Cl. The van der Waals surface area contributed by atoms with E-state index >= 15 is 0 Å². The Hall–Kier alpha value is -1.30. The summed E-state index contributed by atoms with van der Waals surface area (Å²) >= 11 is 0. The summed E-state index contributed by atoms with van der Waals surface area (Å²) in [6, 6.07) is 8.33. The van der Waals surface area contributed by atoms with Crippen LogP contribution in [0.5, 0.6) is 5.75 Å². The summed E-state index contributed by atoms with van der Waals surface area (Å²) in [6.07, 6.45) is 2.80. The van der Waals surface area contributed by atoms with Crippen molar-refractivity contribution >= 4 is 18.3 Å². The lowest BCUT2D eigenvalue weighted by Gasteiger charge is -2.38. The molecule has 2 fully saturated rings. The molecule has 0 saturated carbocycles. The van der Waals surface area contributed by atoms with E-state index in [9.17, 15) is 4.79 Å². The molecule has 6 heteroatoms. The van der Waals surface area contributed by atoms with E-state index in [2.05, 4.69) is 22.8 Å². The zero-order valence-electron chi connectivity index (χ0n) is 14.9. The highest BCUT2D eigenvalue weighted by Gasteiger charge is 2.35. The minimum atomic E-state index is -0.0370. The third kappa shape index (κ3) is 4.87. The maximum Gasteiger partial charge on any atom is 0.224 e. The van der Waals surface area contributed by atoms with Gasteiger partial charge in [0.1, 0.15) is 5.75 Å². The smallest absolute Gasteiger partial charge is 0.224 e. The van der Waals surface area contributed by atoms with Crippen molar-refractivity contribution in [2.24, 2.45) is 5.92 Å². The number of amides is 1. The Balaban J connectivity index is 0.00000225. The first-order valence-electron chi connectivity index (χ1n) is 9.03. The summed E-state index contributed by atoms with van der Waals surface area (Å²) in [5.74, 6) is 1.18. The molecule has 0 spiro atoms. The van der Waals surface area contributed by atoms with Crippen molar-refractivity contribution in [1.82, 2.24) is 10.6 Å². The van der Waals surface area contributed by atoms with Crippen LogP contribution in [-0.2, 0) is 14.9 Å². The van der Waals surface area contributed by atoms with Gasteiger partial charge in [0.05, 0.1) is 12.5 Å². The van der Waals surface area contributed by atoms with E-state index in [1.54, 1.807) is 0 Å². The third-order valence-electron chi connectivity index (χ3n) is 5.26. The molecule has 2 heterocycles. The number of hydrogen-bond acceptors (Lipinski definition) is 4. The highest BCUT2D eigenvalue weighted by atomic mass is 35.5. The molecule has 2 N–H and O–H groups in total. The minimum absolute atomic E-state index is 0. The normalized spacial score (nSPS) is 22.0. The Labute approximate surface area is 156 Å². The van der Waals surface area contributed by atoms with Gasteiger partial charge >= 0.3 is 0 Å². The van der Waals surface area contributed by atoms with E-state index in [1.165, 1.54) is 5.56 Å². The molecule has 2 aliphatic heterocycles. The Morgan fingerprint density at radius 3 is 2.64 bits per heavy atom. The van der Waals surface area contributed by atoms with Crippen LogP contribution in [0.25, 0.3) is 0 Å². The van der Waals surface area contributed by atoms with E-state index in [1.807, 2.05) is 19.1 Å². The summed E-state index contributed by atoms with van der Waals surface area (Å²) in [5, 5.41) is 6.46. The van der Waals surface area contributed by atoms with E-state index in [4.69, 9.17) is 9.47 Å². The first-order valence-corrected chi connectivity index (χ1v) is 9.03. The number of halogens is 1. The van der Waals surface area contributed by atoms with Crippen molar-refractivity contribution in [2.75, 3.05) is 39.5 Å². The predicted molar refractivity (Wildman–Crippen MR) is 101 cm³/mol. The van der Waals surface area contributed by atoms with Crippen LogP contribution < -0.4 is 15.4 Å². The lowest BCUT2D eigenvalue weighted by Crippen LogP contribution is -2.46. The summed E-state index contributed by atoms with van der Waals surface area (Å²) in [6.45, 7) is 6.56. The second-order valence-electron chi connectivity index (χ2n) is 6.76. The molecule has 0 radical (unpaired) electrons. The average Bonchev–Trinajstić information content (AvgIpc) is 3.16. The summed E-state index contributed by atoms with van der Waals surface area (Å²) in [4.78, 5) is 12.4. The van der Waals surface area contributed by atoms with Gasteiger partial charge in [-0.05, 0) is 50.4 Å². The lowest BCUT2D eigenvalue weighted by molar-refractivity contribution is -0.124. The monoisotopic (exact) mass is 368 g/mol. The second kappa shape index (κ2) is 9.41. The molecule has 1 aromatic carbocycles. The molecule has 5 nitrogen and oxygen atoms in total. The molecule has 1 amide bonds. The van der Waals surface area contributed by atoms with E-state index in [0.717, 1.165) is 51.3 Å². The fraction of sp³-hybridized carbons (Fsp3) is 0.632. The number of benzene rings is 1. The molecule has 25 heavy (non-hydrogen) atoms. The van der Waals surface area contributed by atoms with Gasteiger partial charge in [0, 0.05) is 31.7 Å². The summed E-state index contributed by atoms with van der Waals surface area (Å²) < 4.78 is 11.1. The van der Waals surface area contributed by atoms with Crippen LogP contribution in [0.2, 0.25) is 0 Å². The summed E-state index contributed by atoms with van der Waals surface area (Å²) in [5.41, 5.74) is 1.23. The maximum atomic E-state index is 12.4. The Morgan fingerprint density at radius 2 is 2.04 bits per heavy atom. The molecule has 0 bridgehead atoms. The molecule has 2 aliphatic rings. The standard InChI is InChI=1S/C19H28N2O3.ClH/c1-2-24-17-5-3-16(4-6-17)19(8-11-23-12-9-19)14-21-18(22)15-7-10-20-13-15;/h3-6,15,20H,2,7-14H2,1H3,(H,21,22);1H. The molecule has 1 atom stereocenters. The van der Waals surface area contributed by atoms with Gasteiger partial charge in [-0.25, -0.2) is 0 Å². The number of nitrogens with one attached hydrogen (secondary N) is 2. The van der Waals surface area contributed by atoms with Crippen molar-refractivity contribution in [3.63, 3.8) is 0 Å². The van der Waals surface area contributed by atoms with E-state index in [-0.39, 0.29) is 29.6 Å². The molecular weight excluding hydrogens is 340 g/mol. The first kappa shape index (κ1) is 20.0. The van der Waals surface area contributed by atoms with Gasteiger partial charge in [0.25, 0.3) is 0 Å². The average molecular weight is 369 g/mol. The molecule has 0 aromatic heterocycles. The highest BCUT2D eigenvalue weighted by molar-refractivity contribution is 5.85. The zero-order chi connectivity index (χ0) is 16.8. The van der Waals surface area contributed by atoms with Gasteiger partial charge in [-0.2, -0.15) is 0 Å². The Bertz CT molecular complexity index is 538. The number of rotatable bonds is 6. The zero-order valence-corrected chi connectivity index (χ0v) is 15.7. The molecule has 1 aromatic rings. The Kier molecular flexibility index (Phi) is 7.54. The molecule has 140 valence electrons. The van der Waals surface area contributed by atoms with Crippen LogP contribution >= 0.6 is 12.4 Å². The predicted octanol–water partition coefficient (Wildman–Crippen LogP) is 2.28. The quantitative estimate of drug-likeness (QED) is 0.808. The topological polar surface area (TPSA) is 59.6 Å². The van der Waals surface area contributed by atoms with Crippen molar-refractivity contribution in [3.05, 3.63) is 29.8 Å². The van der Waals surface area contributed by atoms with Crippen molar-refractivity contribution in [2.45, 2.75) is 31.6 Å². The van der Waals surface area contributed by atoms with E-state index in [0.29, 0.717) is 13.2 Å². The first-order chi connectivity index (χ1) is 11.7. The number of carbonyl (C=O) groups excluding carboxylic acids is 1. The van der Waals surface area contributed by atoms with Crippen LogP contribution in [-0.4, -0.2) is 45.4 Å². The molecule has 0 aliphatic carbocycles. The molecule has 2 saturated heterocycles. The van der Waals surface area contributed by atoms with Gasteiger partial charge in [-0.15, -0.1) is 12.4 Å². The molecule has 1 unspecified atom stereocenters. The summed E-state index contributed by atoms with van der Waals surface area (Å²) in [7, 11) is 0. The van der Waals surface area contributed by atoms with Crippen LogP contribution in [0.1, 0.15) is 31.7 Å². The van der Waals surface area contributed by atoms with Gasteiger partial charge in [0.15, 0.2) is 0 Å². The Morgan fingerprint density at radius 1 is 1.32 bits per heavy atom. The number of hydrogen-bond donors (Lipinski definition) is 2. The van der Waals surface area contributed by atoms with E-state index < -0.39 is 0 Å². The maximum absolute atomic E-state index is 12.4. The molecular formula is C19H29ClN2O3. The lowest BCUT2D eigenvalue weighted by atomic mass is 9.74. The molecule has 3 rings (SSSR count). The van der Waals surface area contributed by atoms with Crippen LogP contribution in [0.15, 0.2) is 24.3 Å². The van der Waals surface area contributed by atoms with Crippen LogP contribution in [0.4, 0.5) is 0 Å². The highest BCUT2D eigenvalue weighted by Crippen LogP contribution is 2.35. The fourth-order valence-corrected chi connectivity index (χ4v) is 3.68. The van der Waals surface area contributed by atoms with Crippen molar-refractivity contribution in [1.29, 1.82) is 0 Å². The van der Waals surface area contributed by atoms with Gasteiger partial charge in [-0.3, -0.25) is 4.79 Å². The van der Waals surface area contributed by atoms with Crippen molar-refractivity contribution < 1.29 is 14.3 Å². The van der Waals surface area contributed by atoms with Crippen LogP contribution in [0.3, 0.4) is 0 Å². The van der Waals surface area contributed by atoms with Gasteiger partial charge in [0.2, 0.25) is 5.91 Å². The fourth-order valence-electron chi connectivity index (χ4n) is 3.68. The van der Waals surface area contributed by atoms with Crippen LogP contribution in [0, 0.1) is 5.92 Å². The van der Waals surface area contributed by atoms with Gasteiger partial charge in [-0.1, -0.05) is 12.1 Å². The second-order valence-corrected chi connectivity index (χ2v) is 6.76. The van der Waals surface area contributed by atoms with Gasteiger partial charge < -0.3 is 20.1 Å².